The Kier molecular flexibility index (Phi) is 2.51. The van der Waals surface area contributed by atoms with Crippen LogP contribution in [0.2, 0.25) is 0 Å². The molecule has 2 aliphatic heterocycles. The molecular formula is C13H12N2O3. The maximum Gasteiger partial charge on any atom is 0.326 e. The molecule has 0 saturated carbocycles. The van der Waals surface area contributed by atoms with Crippen molar-refractivity contribution in [3.05, 3.63) is 35.0 Å². The minimum absolute atomic E-state index is 0.275. The summed E-state index contributed by atoms with van der Waals surface area (Å²) in [5.74, 6) is 0.511. The topological polar surface area (TPSA) is 67.4 Å². The van der Waals surface area contributed by atoms with Crippen LogP contribution in [0.5, 0.6) is 5.75 Å². The number of carbonyl (C=O) groups excluding carboxylic acids is 2. The summed E-state index contributed by atoms with van der Waals surface area (Å²) in [6.07, 6.45) is 3.64. The van der Waals surface area contributed by atoms with E-state index in [0.717, 1.165) is 36.3 Å². The third-order valence-electron chi connectivity index (χ3n) is 2.96. The molecule has 92 valence electrons. The van der Waals surface area contributed by atoms with Gasteiger partial charge in [-0.05, 0) is 42.2 Å². The number of rotatable bonds is 1. The minimum Gasteiger partial charge on any atom is -0.493 e. The van der Waals surface area contributed by atoms with E-state index < -0.39 is 11.9 Å². The molecule has 0 atom stereocenters. The van der Waals surface area contributed by atoms with Gasteiger partial charge in [-0.1, -0.05) is 6.07 Å². The van der Waals surface area contributed by atoms with Gasteiger partial charge >= 0.3 is 6.03 Å². The summed E-state index contributed by atoms with van der Waals surface area (Å²) in [6.45, 7) is 0.756. The van der Waals surface area contributed by atoms with Crippen molar-refractivity contribution in [2.24, 2.45) is 0 Å². The first-order valence-electron chi connectivity index (χ1n) is 5.82. The molecule has 2 aliphatic rings. The highest BCUT2D eigenvalue weighted by Crippen LogP contribution is 2.26. The number of imide groups is 1. The van der Waals surface area contributed by atoms with E-state index in [1.54, 1.807) is 6.08 Å². The summed E-state index contributed by atoms with van der Waals surface area (Å²) in [5.41, 5.74) is 2.30. The quantitative estimate of drug-likeness (QED) is 0.576. The van der Waals surface area contributed by atoms with Crippen molar-refractivity contribution in [1.29, 1.82) is 0 Å². The van der Waals surface area contributed by atoms with Crippen LogP contribution in [0.4, 0.5) is 4.79 Å². The molecule has 3 rings (SSSR count). The lowest BCUT2D eigenvalue weighted by Crippen LogP contribution is -2.22. The van der Waals surface area contributed by atoms with Crippen LogP contribution in [0.25, 0.3) is 6.08 Å². The van der Waals surface area contributed by atoms with Gasteiger partial charge in [0.1, 0.15) is 11.4 Å². The minimum atomic E-state index is -0.479. The van der Waals surface area contributed by atoms with E-state index in [1.807, 2.05) is 18.2 Å². The van der Waals surface area contributed by atoms with Crippen LogP contribution in [0, 0.1) is 0 Å². The molecule has 3 amide bonds. The lowest BCUT2D eigenvalue weighted by Gasteiger charge is -2.17. The molecule has 5 heteroatoms. The van der Waals surface area contributed by atoms with Gasteiger partial charge < -0.3 is 10.1 Å². The molecule has 2 N–H and O–H groups in total. The first-order valence-corrected chi connectivity index (χ1v) is 5.82. The fraction of sp³-hybridized carbons (Fsp3) is 0.231. The van der Waals surface area contributed by atoms with Crippen molar-refractivity contribution < 1.29 is 14.3 Å². The second kappa shape index (κ2) is 4.18. The molecule has 0 unspecified atom stereocenters. The number of aryl methyl sites for hydroxylation is 1. The van der Waals surface area contributed by atoms with Gasteiger partial charge in [-0.25, -0.2) is 4.79 Å². The molecule has 1 aromatic carbocycles. The van der Waals surface area contributed by atoms with E-state index in [9.17, 15) is 9.59 Å². The molecule has 1 fully saturated rings. The zero-order valence-corrected chi connectivity index (χ0v) is 9.66. The highest BCUT2D eigenvalue weighted by molar-refractivity contribution is 6.13. The molecule has 0 aromatic heterocycles. The van der Waals surface area contributed by atoms with Crippen LogP contribution in [0.15, 0.2) is 23.9 Å². The number of hydrogen-bond donors (Lipinski definition) is 2. The molecule has 5 nitrogen and oxygen atoms in total. The molecule has 2 heterocycles. The number of ether oxygens (including phenoxy) is 1. The molecule has 0 aliphatic carbocycles. The van der Waals surface area contributed by atoms with Crippen LogP contribution < -0.4 is 15.4 Å². The predicted molar refractivity (Wildman–Crippen MR) is 64.9 cm³/mol. The molecular weight excluding hydrogens is 232 g/mol. The number of amides is 3. The molecule has 0 spiro atoms. The second-order valence-corrected chi connectivity index (χ2v) is 4.29. The Bertz CT molecular complexity index is 563. The van der Waals surface area contributed by atoms with Crippen LogP contribution in [-0.2, 0) is 11.2 Å². The number of benzene rings is 1. The lowest BCUT2D eigenvalue weighted by atomic mass is 10.0. The van der Waals surface area contributed by atoms with Crippen molar-refractivity contribution in [2.75, 3.05) is 6.61 Å². The van der Waals surface area contributed by atoms with Crippen molar-refractivity contribution in [2.45, 2.75) is 12.8 Å². The van der Waals surface area contributed by atoms with Gasteiger partial charge in [-0.2, -0.15) is 0 Å². The SMILES string of the molecule is O=C1NC(=O)C(=Cc2ccc3c(c2)CCCO3)N1. The third-order valence-corrected chi connectivity index (χ3v) is 2.96. The average molecular weight is 244 g/mol. The zero-order valence-electron chi connectivity index (χ0n) is 9.66. The van der Waals surface area contributed by atoms with Crippen molar-refractivity contribution in [3.8, 4) is 5.75 Å². The Labute approximate surface area is 104 Å². The summed E-state index contributed by atoms with van der Waals surface area (Å²) in [6, 6.07) is 5.27. The van der Waals surface area contributed by atoms with E-state index in [4.69, 9.17) is 4.74 Å². The molecule has 18 heavy (non-hydrogen) atoms. The van der Waals surface area contributed by atoms with E-state index >= 15 is 0 Å². The highest BCUT2D eigenvalue weighted by Gasteiger charge is 2.22. The first-order chi connectivity index (χ1) is 8.72. The number of hydrogen-bond acceptors (Lipinski definition) is 3. The van der Waals surface area contributed by atoms with Gasteiger partial charge in [0.15, 0.2) is 0 Å². The summed E-state index contributed by atoms with van der Waals surface area (Å²) >= 11 is 0. The van der Waals surface area contributed by atoms with E-state index in [0.29, 0.717) is 0 Å². The van der Waals surface area contributed by atoms with Crippen LogP contribution in [0.1, 0.15) is 17.5 Å². The third kappa shape index (κ3) is 1.95. The Balaban J connectivity index is 1.91. The van der Waals surface area contributed by atoms with E-state index in [1.165, 1.54) is 0 Å². The summed E-state index contributed by atoms with van der Waals surface area (Å²) < 4.78 is 5.52. The zero-order chi connectivity index (χ0) is 12.5. The summed E-state index contributed by atoms with van der Waals surface area (Å²) in [5, 5.41) is 4.63. The number of urea groups is 1. The maximum atomic E-state index is 11.4. The van der Waals surface area contributed by atoms with Crippen molar-refractivity contribution in [3.63, 3.8) is 0 Å². The van der Waals surface area contributed by atoms with Crippen LogP contribution in [0.3, 0.4) is 0 Å². The Morgan fingerprint density at radius 2 is 2.11 bits per heavy atom. The van der Waals surface area contributed by atoms with E-state index in [-0.39, 0.29) is 5.70 Å². The monoisotopic (exact) mass is 244 g/mol. The van der Waals surface area contributed by atoms with Crippen molar-refractivity contribution in [1.82, 2.24) is 10.6 Å². The van der Waals surface area contributed by atoms with Gasteiger partial charge in [0.2, 0.25) is 0 Å². The standard InChI is InChI=1S/C13H12N2O3/c16-12-10(14-13(17)15-12)7-8-3-4-11-9(6-8)2-1-5-18-11/h3-4,6-7H,1-2,5H2,(H2,14,15,16,17). The summed E-state index contributed by atoms with van der Waals surface area (Å²) in [4.78, 5) is 22.4. The molecule has 0 bridgehead atoms. The van der Waals surface area contributed by atoms with Crippen LogP contribution in [-0.4, -0.2) is 18.5 Å². The number of carbonyl (C=O) groups is 2. The number of nitrogens with one attached hydrogen (secondary N) is 2. The van der Waals surface area contributed by atoms with Gasteiger partial charge in [0.05, 0.1) is 6.61 Å². The largest absolute Gasteiger partial charge is 0.493 e. The van der Waals surface area contributed by atoms with Crippen LogP contribution >= 0.6 is 0 Å². The van der Waals surface area contributed by atoms with Gasteiger partial charge in [0.25, 0.3) is 5.91 Å². The highest BCUT2D eigenvalue weighted by atomic mass is 16.5. The number of fused-ring (bicyclic) bond motifs is 1. The van der Waals surface area contributed by atoms with Gasteiger partial charge in [0, 0.05) is 0 Å². The molecule has 1 saturated heterocycles. The Hall–Kier alpha value is -2.30. The Morgan fingerprint density at radius 3 is 2.89 bits per heavy atom. The normalized spacial score (nSPS) is 20.1. The van der Waals surface area contributed by atoms with Gasteiger partial charge in [-0.3, -0.25) is 10.1 Å². The molecule has 1 aromatic rings. The van der Waals surface area contributed by atoms with E-state index in [2.05, 4.69) is 10.6 Å². The molecule has 0 radical (unpaired) electrons. The fourth-order valence-corrected chi connectivity index (χ4v) is 2.12. The summed E-state index contributed by atoms with van der Waals surface area (Å²) in [7, 11) is 0. The fourth-order valence-electron chi connectivity index (χ4n) is 2.12. The first kappa shape index (κ1) is 10.8. The Morgan fingerprint density at radius 1 is 1.22 bits per heavy atom. The lowest BCUT2D eigenvalue weighted by molar-refractivity contribution is -0.115. The maximum absolute atomic E-state index is 11.4. The average Bonchev–Trinajstić information content (AvgIpc) is 2.68. The van der Waals surface area contributed by atoms with Gasteiger partial charge in [-0.15, -0.1) is 0 Å². The second-order valence-electron chi connectivity index (χ2n) is 4.29. The smallest absolute Gasteiger partial charge is 0.326 e. The predicted octanol–water partition coefficient (Wildman–Crippen LogP) is 1.19. The van der Waals surface area contributed by atoms with Crippen molar-refractivity contribution >= 4 is 18.0 Å².